The largest absolute Gasteiger partial charge is 0.325 e. The van der Waals surface area contributed by atoms with Gasteiger partial charge in [-0.05, 0) is 56.9 Å². The molecule has 0 amide bonds. The van der Waals surface area contributed by atoms with E-state index in [1.807, 2.05) is 26.8 Å². The summed E-state index contributed by atoms with van der Waals surface area (Å²) in [6, 6.07) is 6.22. The number of nitrogens with two attached hydrogens (primary N) is 1. The first-order chi connectivity index (χ1) is 6.83. The lowest BCUT2D eigenvalue weighted by molar-refractivity contribution is 0.515. The monoisotopic (exact) mass is 202 g/mol. The van der Waals surface area contributed by atoms with Crippen molar-refractivity contribution in [2.75, 3.05) is 0 Å². The van der Waals surface area contributed by atoms with Crippen LogP contribution in [0.2, 0.25) is 0 Å². The Kier molecular flexibility index (Phi) is 3.16. The number of nitrogens with zero attached hydrogens (tertiary/aromatic N) is 1. The van der Waals surface area contributed by atoms with Crippen LogP contribution in [0.15, 0.2) is 12.1 Å². The fourth-order valence-electron chi connectivity index (χ4n) is 1.70. The molecule has 0 aliphatic carbocycles. The first-order valence-corrected chi connectivity index (χ1v) is 5.12. The van der Waals surface area contributed by atoms with Gasteiger partial charge in [0.15, 0.2) is 0 Å². The van der Waals surface area contributed by atoms with Gasteiger partial charge in [0.25, 0.3) is 0 Å². The number of benzene rings is 1. The summed E-state index contributed by atoms with van der Waals surface area (Å²) in [5.41, 5.74) is 9.92. The van der Waals surface area contributed by atoms with Crippen LogP contribution in [0.5, 0.6) is 0 Å². The Labute approximate surface area is 91.7 Å². The van der Waals surface area contributed by atoms with Gasteiger partial charge in [-0.15, -0.1) is 0 Å². The molecule has 0 aromatic heterocycles. The van der Waals surface area contributed by atoms with Crippen LogP contribution in [-0.4, -0.2) is 5.54 Å². The molecule has 0 saturated carbocycles. The van der Waals surface area contributed by atoms with Crippen LogP contribution in [0.1, 0.15) is 36.1 Å². The van der Waals surface area contributed by atoms with E-state index < -0.39 is 0 Å². The maximum atomic E-state index is 8.95. The molecule has 1 aromatic rings. The third-order valence-corrected chi connectivity index (χ3v) is 2.45. The van der Waals surface area contributed by atoms with Crippen LogP contribution in [-0.2, 0) is 6.42 Å². The van der Waals surface area contributed by atoms with Gasteiger partial charge >= 0.3 is 0 Å². The number of nitriles is 1. The quantitative estimate of drug-likeness (QED) is 0.800. The number of rotatable bonds is 2. The molecule has 0 aliphatic rings. The Balaban J connectivity index is 3.15. The van der Waals surface area contributed by atoms with E-state index in [0.29, 0.717) is 0 Å². The topological polar surface area (TPSA) is 49.8 Å². The smallest absolute Gasteiger partial charge is 0.0994 e. The summed E-state index contributed by atoms with van der Waals surface area (Å²) in [6.07, 6.45) is 0.799. The lowest BCUT2D eigenvalue weighted by Gasteiger charge is -2.20. The van der Waals surface area contributed by atoms with Crippen molar-refractivity contribution in [3.63, 3.8) is 0 Å². The SMILES string of the molecule is Cc1cc(C)c(CC(C)(C)N)cc1C#N. The molecule has 0 fully saturated rings. The van der Waals surface area contributed by atoms with Crippen molar-refractivity contribution in [3.05, 3.63) is 34.4 Å². The molecule has 1 aromatic carbocycles. The second kappa shape index (κ2) is 4.04. The third-order valence-electron chi connectivity index (χ3n) is 2.45. The molecule has 0 radical (unpaired) electrons. The number of aryl methyl sites for hydroxylation is 2. The summed E-state index contributed by atoms with van der Waals surface area (Å²) in [7, 11) is 0. The second-order valence-electron chi connectivity index (χ2n) is 4.87. The molecular formula is C13H18N2. The van der Waals surface area contributed by atoms with Crippen molar-refractivity contribution in [2.45, 2.75) is 39.7 Å². The molecule has 2 nitrogen and oxygen atoms in total. The second-order valence-corrected chi connectivity index (χ2v) is 4.87. The first kappa shape index (κ1) is 11.7. The average Bonchev–Trinajstić information content (AvgIpc) is 2.07. The molecule has 2 heteroatoms. The Morgan fingerprint density at radius 3 is 2.33 bits per heavy atom. The minimum absolute atomic E-state index is 0.229. The molecule has 0 aliphatic heterocycles. The highest BCUT2D eigenvalue weighted by atomic mass is 14.7. The van der Waals surface area contributed by atoms with Crippen molar-refractivity contribution in [2.24, 2.45) is 5.73 Å². The predicted octanol–water partition coefficient (Wildman–Crippen LogP) is 2.45. The van der Waals surface area contributed by atoms with Gasteiger partial charge in [0.2, 0.25) is 0 Å². The zero-order chi connectivity index (χ0) is 11.6. The van der Waals surface area contributed by atoms with Crippen molar-refractivity contribution in [1.82, 2.24) is 0 Å². The molecule has 15 heavy (non-hydrogen) atoms. The minimum atomic E-state index is -0.229. The van der Waals surface area contributed by atoms with Gasteiger partial charge in [0, 0.05) is 5.54 Å². The van der Waals surface area contributed by atoms with Gasteiger partial charge < -0.3 is 5.73 Å². The number of hydrogen-bond donors (Lipinski definition) is 1. The van der Waals surface area contributed by atoms with E-state index in [1.54, 1.807) is 0 Å². The predicted molar refractivity (Wildman–Crippen MR) is 62.6 cm³/mol. The molecular weight excluding hydrogens is 184 g/mol. The van der Waals surface area contributed by atoms with Gasteiger partial charge in [0.1, 0.15) is 0 Å². The van der Waals surface area contributed by atoms with Crippen LogP contribution in [0, 0.1) is 25.2 Å². The molecule has 0 heterocycles. The van der Waals surface area contributed by atoms with E-state index >= 15 is 0 Å². The molecule has 0 bridgehead atoms. The van der Waals surface area contributed by atoms with E-state index in [9.17, 15) is 0 Å². The third kappa shape index (κ3) is 3.07. The molecule has 0 unspecified atom stereocenters. The van der Waals surface area contributed by atoms with Crippen LogP contribution >= 0.6 is 0 Å². The first-order valence-electron chi connectivity index (χ1n) is 5.12. The summed E-state index contributed by atoms with van der Waals surface area (Å²) in [5.74, 6) is 0. The summed E-state index contributed by atoms with van der Waals surface area (Å²) in [6.45, 7) is 8.02. The summed E-state index contributed by atoms with van der Waals surface area (Å²) >= 11 is 0. The molecule has 0 spiro atoms. The van der Waals surface area contributed by atoms with E-state index in [-0.39, 0.29) is 5.54 Å². The van der Waals surface area contributed by atoms with Crippen molar-refractivity contribution in [1.29, 1.82) is 5.26 Å². The highest BCUT2D eigenvalue weighted by molar-refractivity contribution is 5.44. The van der Waals surface area contributed by atoms with Gasteiger partial charge in [-0.2, -0.15) is 5.26 Å². The summed E-state index contributed by atoms with van der Waals surface area (Å²) < 4.78 is 0. The Morgan fingerprint density at radius 1 is 1.27 bits per heavy atom. The Morgan fingerprint density at radius 2 is 1.87 bits per heavy atom. The lowest BCUT2D eigenvalue weighted by Crippen LogP contribution is -2.34. The molecule has 2 N–H and O–H groups in total. The van der Waals surface area contributed by atoms with E-state index in [4.69, 9.17) is 11.0 Å². The molecule has 0 atom stereocenters. The van der Waals surface area contributed by atoms with Gasteiger partial charge in [-0.3, -0.25) is 0 Å². The van der Waals surface area contributed by atoms with Crippen LogP contribution < -0.4 is 5.73 Å². The lowest BCUT2D eigenvalue weighted by atomic mass is 9.91. The normalized spacial score (nSPS) is 11.2. The Bertz CT molecular complexity index is 406. The van der Waals surface area contributed by atoms with Gasteiger partial charge in [-0.25, -0.2) is 0 Å². The van der Waals surface area contributed by atoms with Crippen molar-refractivity contribution < 1.29 is 0 Å². The maximum Gasteiger partial charge on any atom is 0.0994 e. The van der Waals surface area contributed by atoms with Crippen molar-refractivity contribution in [3.8, 4) is 6.07 Å². The van der Waals surface area contributed by atoms with E-state index in [0.717, 1.165) is 17.5 Å². The van der Waals surface area contributed by atoms with E-state index in [2.05, 4.69) is 19.1 Å². The van der Waals surface area contributed by atoms with Crippen LogP contribution in [0.25, 0.3) is 0 Å². The highest BCUT2D eigenvalue weighted by Crippen LogP contribution is 2.19. The standard InChI is InChI=1S/C13H18N2/c1-9-5-10(2)12(8-14)6-11(9)7-13(3,4)15/h5-6H,7,15H2,1-4H3. The van der Waals surface area contributed by atoms with Gasteiger partial charge in [0.05, 0.1) is 11.6 Å². The number of hydrogen-bond acceptors (Lipinski definition) is 2. The van der Waals surface area contributed by atoms with Crippen LogP contribution in [0.3, 0.4) is 0 Å². The minimum Gasteiger partial charge on any atom is -0.325 e. The highest BCUT2D eigenvalue weighted by Gasteiger charge is 2.14. The molecule has 1 rings (SSSR count). The summed E-state index contributed by atoms with van der Waals surface area (Å²) in [4.78, 5) is 0. The Hall–Kier alpha value is -1.33. The maximum absolute atomic E-state index is 8.95. The fraction of sp³-hybridized carbons (Fsp3) is 0.462. The zero-order valence-electron chi connectivity index (χ0n) is 9.89. The van der Waals surface area contributed by atoms with E-state index in [1.165, 1.54) is 11.1 Å². The van der Waals surface area contributed by atoms with Gasteiger partial charge in [-0.1, -0.05) is 6.07 Å². The molecule has 0 saturated heterocycles. The zero-order valence-corrected chi connectivity index (χ0v) is 9.89. The fourth-order valence-corrected chi connectivity index (χ4v) is 1.70. The molecule has 80 valence electrons. The van der Waals surface area contributed by atoms with Crippen LogP contribution in [0.4, 0.5) is 0 Å². The van der Waals surface area contributed by atoms with Crippen molar-refractivity contribution >= 4 is 0 Å². The summed E-state index contributed by atoms with van der Waals surface area (Å²) in [5, 5.41) is 8.95. The average molecular weight is 202 g/mol.